The van der Waals surface area contributed by atoms with Gasteiger partial charge in [0.05, 0.1) is 10.9 Å². The fourth-order valence-electron chi connectivity index (χ4n) is 2.30. The molecular weight excluding hydrogens is 348 g/mol. The van der Waals surface area contributed by atoms with E-state index >= 15 is 0 Å². The summed E-state index contributed by atoms with van der Waals surface area (Å²) >= 11 is 0. The molecule has 1 atom stereocenters. The molecule has 0 saturated heterocycles. The molecule has 2 aromatic rings. The van der Waals surface area contributed by atoms with Gasteiger partial charge in [0.1, 0.15) is 0 Å². The standard InChI is InChI=1S/C18H19F2NO3S/c1-3-13-4-6-14(7-5-13)12(2)21-17(22)15-8-10-16(11-9-15)25(23,24)18(19)20/h4-12,18H,3H2,1-2H3,(H,21,22). The lowest BCUT2D eigenvalue weighted by Crippen LogP contribution is -2.26. The summed E-state index contributed by atoms with van der Waals surface area (Å²) in [7, 11) is -4.66. The van der Waals surface area contributed by atoms with Crippen LogP contribution in [0.4, 0.5) is 8.78 Å². The van der Waals surface area contributed by atoms with Crippen molar-refractivity contribution in [1.82, 2.24) is 5.32 Å². The molecule has 25 heavy (non-hydrogen) atoms. The van der Waals surface area contributed by atoms with Crippen molar-refractivity contribution >= 4 is 15.7 Å². The average molecular weight is 367 g/mol. The zero-order valence-corrected chi connectivity index (χ0v) is 14.7. The van der Waals surface area contributed by atoms with Gasteiger partial charge in [-0.25, -0.2) is 8.42 Å². The summed E-state index contributed by atoms with van der Waals surface area (Å²) in [6.07, 6.45) is 0.925. The fraction of sp³-hybridized carbons (Fsp3) is 0.278. The Morgan fingerprint density at radius 2 is 1.60 bits per heavy atom. The molecule has 0 saturated carbocycles. The smallest absolute Gasteiger partial charge is 0.341 e. The molecular formula is C18H19F2NO3S. The zero-order chi connectivity index (χ0) is 18.6. The van der Waals surface area contributed by atoms with E-state index in [2.05, 4.69) is 12.2 Å². The zero-order valence-electron chi connectivity index (χ0n) is 13.9. The third-order valence-corrected chi connectivity index (χ3v) is 5.31. The second-order valence-corrected chi connectivity index (χ2v) is 7.54. The van der Waals surface area contributed by atoms with Crippen molar-refractivity contribution in [2.45, 2.75) is 37.0 Å². The quantitative estimate of drug-likeness (QED) is 0.846. The largest absolute Gasteiger partial charge is 0.346 e. The van der Waals surface area contributed by atoms with E-state index in [1.54, 1.807) is 0 Å². The van der Waals surface area contributed by atoms with Gasteiger partial charge in [0, 0.05) is 5.56 Å². The van der Waals surface area contributed by atoms with Gasteiger partial charge >= 0.3 is 5.76 Å². The molecule has 0 spiro atoms. The van der Waals surface area contributed by atoms with Crippen LogP contribution >= 0.6 is 0 Å². The summed E-state index contributed by atoms with van der Waals surface area (Å²) in [5, 5.41) is 2.79. The van der Waals surface area contributed by atoms with Gasteiger partial charge in [-0.05, 0) is 48.7 Å². The first-order chi connectivity index (χ1) is 11.8. The Balaban J connectivity index is 2.10. The predicted octanol–water partition coefficient (Wildman–Crippen LogP) is 3.74. The number of benzene rings is 2. The van der Waals surface area contributed by atoms with Crippen LogP contribution in [0.1, 0.15) is 41.4 Å². The van der Waals surface area contributed by atoms with Crippen LogP contribution in [0.3, 0.4) is 0 Å². The Labute approximate surface area is 145 Å². The number of hydrogen-bond acceptors (Lipinski definition) is 3. The number of rotatable bonds is 6. The van der Waals surface area contributed by atoms with Crippen LogP contribution < -0.4 is 5.32 Å². The summed E-state index contributed by atoms with van der Waals surface area (Å²) < 4.78 is 47.8. The van der Waals surface area contributed by atoms with E-state index in [0.717, 1.165) is 24.1 Å². The van der Waals surface area contributed by atoms with Gasteiger partial charge < -0.3 is 5.32 Å². The minimum Gasteiger partial charge on any atom is -0.346 e. The first-order valence-corrected chi connectivity index (χ1v) is 9.32. The highest BCUT2D eigenvalue weighted by Gasteiger charge is 2.26. The number of carbonyl (C=O) groups is 1. The molecule has 2 aromatic carbocycles. The Morgan fingerprint density at radius 3 is 2.08 bits per heavy atom. The summed E-state index contributed by atoms with van der Waals surface area (Å²) in [6, 6.07) is 12.1. The molecule has 0 heterocycles. The molecule has 0 fully saturated rings. The van der Waals surface area contributed by atoms with Crippen LogP contribution in [0.5, 0.6) is 0 Å². The number of sulfone groups is 1. The van der Waals surface area contributed by atoms with Gasteiger partial charge in [-0.3, -0.25) is 4.79 Å². The van der Waals surface area contributed by atoms with Gasteiger partial charge in [-0.15, -0.1) is 0 Å². The van der Waals surface area contributed by atoms with E-state index in [1.807, 2.05) is 31.2 Å². The first kappa shape index (κ1) is 19.1. The summed E-state index contributed by atoms with van der Waals surface area (Å²) in [4.78, 5) is 11.7. The van der Waals surface area contributed by atoms with E-state index in [0.29, 0.717) is 0 Å². The van der Waals surface area contributed by atoms with Crippen molar-refractivity contribution in [3.05, 3.63) is 65.2 Å². The van der Waals surface area contributed by atoms with Gasteiger partial charge in [-0.2, -0.15) is 8.78 Å². The lowest BCUT2D eigenvalue weighted by Gasteiger charge is -2.15. The normalized spacial score (nSPS) is 12.8. The highest BCUT2D eigenvalue weighted by molar-refractivity contribution is 7.91. The maximum Gasteiger partial charge on any atom is 0.341 e. The Kier molecular flexibility index (Phi) is 5.89. The number of aryl methyl sites for hydroxylation is 1. The molecule has 4 nitrogen and oxygen atoms in total. The second-order valence-electron chi connectivity index (χ2n) is 5.62. The summed E-state index contributed by atoms with van der Waals surface area (Å²) in [5.41, 5.74) is 2.32. The van der Waals surface area contributed by atoms with Gasteiger partial charge in [-0.1, -0.05) is 31.2 Å². The summed E-state index contributed by atoms with van der Waals surface area (Å²) in [5.74, 6) is -3.90. The topological polar surface area (TPSA) is 63.2 Å². The van der Waals surface area contributed by atoms with Crippen LogP contribution in [0.2, 0.25) is 0 Å². The molecule has 0 aliphatic rings. The van der Waals surface area contributed by atoms with E-state index in [-0.39, 0.29) is 11.6 Å². The number of alkyl halides is 2. The predicted molar refractivity (Wildman–Crippen MR) is 91.3 cm³/mol. The number of hydrogen-bond donors (Lipinski definition) is 1. The van der Waals surface area contributed by atoms with Crippen molar-refractivity contribution in [2.24, 2.45) is 0 Å². The Hall–Kier alpha value is -2.28. The lowest BCUT2D eigenvalue weighted by atomic mass is 10.0. The lowest BCUT2D eigenvalue weighted by molar-refractivity contribution is 0.0940. The fourth-order valence-corrected chi connectivity index (χ4v) is 3.03. The third kappa shape index (κ3) is 4.42. The molecule has 7 heteroatoms. The van der Waals surface area contributed by atoms with Gasteiger partial charge in [0.15, 0.2) is 0 Å². The summed E-state index contributed by atoms with van der Waals surface area (Å²) in [6.45, 7) is 3.88. The van der Waals surface area contributed by atoms with E-state index in [9.17, 15) is 22.0 Å². The van der Waals surface area contributed by atoms with E-state index < -0.39 is 26.4 Å². The maximum absolute atomic E-state index is 12.5. The molecule has 1 unspecified atom stereocenters. The number of nitrogens with one attached hydrogen (secondary N) is 1. The van der Waals surface area contributed by atoms with Crippen molar-refractivity contribution < 1.29 is 22.0 Å². The van der Waals surface area contributed by atoms with Crippen LogP contribution in [0.15, 0.2) is 53.4 Å². The van der Waals surface area contributed by atoms with Crippen LogP contribution in [-0.4, -0.2) is 20.1 Å². The van der Waals surface area contributed by atoms with Crippen molar-refractivity contribution in [3.63, 3.8) is 0 Å². The van der Waals surface area contributed by atoms with E-state index in [4.69, 9.17) is 0 Å². The minimum atomic E-state index is -4.66. The molecule has 0 aliphatic heterocycles. The monoisotopic (exact) mass is 367 g/mol. The van der Waals surface area contributed by atoms with E-state index in [1.165, 1.54) is 17.7 Å². The van der Waals surface area contributed by atoms with Crippen molar-refractivity contribution in [1.29, 1.82) is 0 Å². The highest BCUT2D eigenvalue weighted by atomic mass is 32.2. The minimum absolute atomic E-state index is 0.199. The Morgan fingerprint density at radius 1 is 1.04 bits per heavy atom. The van der Waals surface area contributed by atoms with Crippen molar-refractivity contribution in [2.75, 3.05) is 0 Å². The first-order valence-electron chi connectivity index (χ1n) is 7.77. The molecule has 1 amide bonds. The molecule has 0 aromatic heterocycles. The molecule has 2 rings (SSSR count). The number of halogens is 2. The van der Waals surface area contributed by atoms with Gasteiger partial charge in [0.25, 0.3) is 5.91 Å². The molecule has 1 N–H and O–H groups in total. The van der Waals surface area contributed by atoms with Crippen LogP contribution in [-0.2, 0) is 16.3 Å². The second kappa shape index (κ2) is 7.74. The van der Waals surface area contributed by atoms with Crippen LogP contribution in [0, 0.1) is 0 Å². The highest BCUT2D eigenvalue weighted by Crippen LogP contribution is 2.19. The maximum atomic E-state index is 12.5. The third-order valence-electron chi connectivity index (χ3n) is 3.92. The van der Waals surface area contributed by atoms with Crippen LogP contribution in [0.25, 0.3) is 0 Å². The number of carbonyl (C=O) groups excluding carboxylic acids is 1. The average Bonchev–Trinajstić information content (AvgIpc) is 2.61. The Bertz CT molecular complexity index is 832. The van der Waals surface area contributed by atoms with Gasteiger partial charge in [0.2, 0.25) is 9.84 Å². The SMILES string of the molecule is CCc1ccc(C(C)NC(=O)c2ccc(S(=O)(=O)C(F)F)cc2)cc1. The number of amides is 1. The molecule has 0 bridgehead atoms. The van der Waals surface area contributed by atoms with Crippen molar-refractivity contribution in [3.8, 4) is 0 Å². The molecule has 134 valence electrons. The molecule has 0 aliphatic carbocycles. The molecule has 0 radical (unpaired) electrons.